The molecule has 0 aliphatic heterocycles. The molecule has 5 heteroatoms. The lowest BCUT2D eigenvalue weighted by molar-refractivity contribution is -0.147. The lowest BCUT2D eigenvalue weighted by Gasteiger charge is -2.23. The van der Waals surface area contributed by atoms with Gasteiger partial charge in [0, 0.05) is 0 Å². The van der Waals surface area contributed by atoms with E-state index in [9.17, 15) is 14.7 Å². The van der Waals surface area contributed by atoms with Crippen molar-refractivity contribution in [1.29, 1.82) is 0 Å². The van der Waals surface area contributed by atoms with E-state index in [0.29, 0.717) is 38.6 Å². The van der Waals surface area contributed by atoms with Crippen LogP contribution in [-0.4, -0.2) is 34.4 Å². The first-order chi connectivity index (χ1) is 9.10. The molecule has 0 saturated carbocycles. The number of carbonyl (C=O) groups excluding carboxylic acids is 1. The zero-order valence-corrected chi connectivity index (χ0v) is 13.0. The molecule has 1 atom stereocenters. The average molecular weight is 288 g/mol. The summed E-state index contributed by atoms with van der Waals surface area (Å²) in [5, 5.41) is 18.8. The molecule has 0 aromatic heterocycles. The van der Waals surface area contributed by atoms with Crippen LogP contribution in [-0.2, 0) is 14.3 Å². The van der Waals surface area contributed by atoms with Gasteiger partial charge in [-0.1, -0.05) is 0 Å². The Morgan fingerprint density at radius 2 is 1.65 bits per heavy atom. The van der Waals surface area contributed by atoms with Gasteiger partial charge in [0.1, 0.15) is 5.60 Å². The van der Waals surface area contributed by atoms with Gasteiger partial charge in [-0.2, -0.15) is 0 Å². The molecule has 2 N–H and O–H groups in total. The molecule has 0 rings (SSSR count). The standard InChI is InChI=1S/C15H28O5/c1-14(2,13(18)19)9-5-7-12(17)8-6-10-15(3,4)20-11-16/h11-12,17H,5-10H2,1-4H3,(H,18,19). The van der Waals surface area contributed by atoms with Crippen molar-refractivity contribution < 1.29 is 24.5 Å². The summed E-state index contributed by atoms with van der Waals surface area (Å²) in [6.07, 6.45) is 3.53. The molecule has 5 nitrogen and oxygen atoms in total. The average Bonchev–Trinajstić information content (AvgIpc) is 2.27. The van der Waals surface area contributed by atoms with Crippen LogP contribution in [0.3, 0.4) is 0 Å². The zero-order valence-electron chi connectivity index (χ0n) is 13.0. The second-order valence-electron chi connectivity index (χ2n) is 6.60. The van der Waals surface area contributed by atoms with Crippen molar-refractivity contribution in [3.05, 3.63) is 0 Å². The highest BCUT2D eigenvalue weighted by Crippen LogP contribution is 2.25. The van der Waals surface area contributed by atoms with E-state index in [1.165, 1.54) is 0 Å². The molecule has 0 bridgehead atoms. The molecule has 0 aromatic carbocycles. The third-order valence-electron chi connectivity index (χ3n) is 3.60. The number of ether oxygens (including phenoxy) is 1. The first-order valence-electron chi connectivity index (χ1n) is 7.14. The number of hydrogen-bond acceptors (Lipinski definition) is 4. The van der Waals surface area contributed by atoms with Gasteiger partial charge in [-0.15, -0.1) is 0 Å². The zero-order chi connectivity index (χ0) is 15.8. The van der Waals surface area contributed by atoms with Crippen LogP contribution in [0.25, 0.3) is 0 Å². The van der Waals surface area contributed by atoms with E-state index < -0.39 is 23.1 Å². The number of carboxylic acid groups (broad SMARTS) is 1. The summed E-state index contributed by atoms with van der Waals surface area (Å²) in [6, 6.07) is 0. The SMILES string of the molecule is CC(C)(CCCC(O)CCCC(C)(C)C(=O)O)OC=O. The first-order valence-corrected chi connectivity index (χ1v) is 7.14. The fraction of sp³-hybridized carbons (Fsp3) is 0.867. The maximum atomic E-state index is 10.9. The molecule has 0 aliphatic rings. The van der Waals surface area contributed by atoms with Gasteiger partial charge in [0.15, 0.2) is 0 Å². The number of aliphatic hydroxyl groups is 1. The Kier molecular flexibility index (Phi) is 7.79. The highest BCUT2D eigenvalue weighted by atomic mass is 16.5. The summed E-state index contributed by atoms with van der Waals surface area (Å²) in [5.41, 5.74) is -1.23. The topological polar surface area (TPSA) is 83.8 Å². The van der Waals surface area contributed by atoms with Gasteiger partial charge in [0.05, 0.1) is 11.5 Å². The molecule has 0 radical (unpaired) electrons. The summed E-state index contributed by atoms with van der Waals surface area (Å²) >= 11 is 0. The molecular weight excluding hydrogens is 260 g/mol. The smallest absolute Gasteiger partial charge is 0.309 e. The van der Waals surface area contributed by atoms with E-state index in [2.05, 4.69) is 0 Å². The lowest BCUT2D eigenvalue weighted by atomic mass is 9.86. The van der Waals surface area contributed by atoms with Crippen LogP contribution in [0, 0.1) is 5.41 Å². The number of carboxylic acids is 1. The van der Waals surface area contributed by atoms with E-state index in [-0.39, 0.29) is 0 Å². The van der Waals surface area contributed by atoms with E-state index in [4.69, 9.17) is 9.84 Å². The van der Waals surface area contributed by atoms with Gasteiger partial charge in [-0.25, -0.2) is 0 Å². The Bertz CT molecular complexity index is 309. The summed E-state index contributed by atoms with van der Waals surface area (Å²) in [5.74, 6) is -0.806. The molecule has 0 aromatic rings. The predicted octanol–water partition coefficient (Wildman–Crippen LogP) is 2.75. The second kappa shape index (κ2) is 8.25. The Morgan fingerprint density at radius 3 is 2.10 bits per heavy atom. The van der Waals surface area contributed by atoms with Gasteiger partial charge in [-0.05, 0) is 66.2 Å². The van der Waals surface area contributed by atoms with Crippen molar-refractivity contribution in [2.75, 3.05) is 0 Å². The van der Waals surface area contributed by atoms with Crippen molar-refractivity contribution >= 4 is 12.4 Å². The molecule has 0 aliphatic carbocycles. The highest BCUT2D eigenvalue weighted by Gasteiger charge is 2.26. The Morgan fingerprint density at radius 1 is 1.15 bits per heavy atom. The van der Waals surface area contributed by atoms with Crippen LogP contribution < -0.4 is 0 Å². The van der Waals surface area contributed by atoms with Crippen LogP contribution in [0.15, 0.2) is 0 Å². The minimum atomic E-state index is -0.806. The number of carbonyl (C=O) groups is 2. The van der Waals surface area contributed by atoms with Gasteiger partial charge >= 0.3 is 5.97 Å². The molecule has 20 heavy (non-hydrogen) atoms. The van der Waals surface area contributed by atoms with Gasteiger partial charge in [-0.3, -0.25) is 9.59 Å². The van der Waals surface area contributed by atoms with Crippen molar-refractivity contribution in [3.63, 3.8) is 0 Å². The molecular formula is C15H28O5. The van der Waals surface area contributed by atoms with Gasteiger partial charge in [0.2, 0.25) is 0 Å². The van der Waals surface area contributed by atoms with Crippen LogP contribution in [0.1, 0.15) is 66.2 Å². The van der Waals surface area contributed by atoms with Crippen LogP contribution in [0.5, 0.6) is 0 Å². The normalized spacial score (nSPS) is 13.8. The molecule has 0 saturated heterocycles. The summed E-state index contributed by atoms with van der Waals surface area (Å²) < 4.78 is 4.94. The summed E-state index contributed by atoms with van der Waals surface area (Å²) in [6.45, 7) is 7.51. The van der Waals surface area contributed by atoms with Crippen molar-refractivity contribution in [2.45, 2.75) is 77.9 Å². The summed E-state index contributed by atoms with van der Waals surface area (Å²) in [7, 11) is 0. The first kappa shape index (κ1) is 18.9. The molecule has 0 fully saturated rings. The molecule has 1 unspecified atom stereocenters. The van der Waals surface area contributed by atoms with Gasteiger partial charge in [0.25, 0.3) is 6.47 Å². The van der Waals surface area contributed by atoms with Crippen LogP contribution in [0.2, 0.25) is 0 Å². The Hall–Kier alpha value is -1.10. The third kappa shape index (κ3) is 8.15. The fourth-order valence-electron chi connectivity index (χ4n) is 1.98. The molecule has 118 valence electrons. The van der Waals surface area contributed by atoms with Crippen molar-refractivity contribution in [2.24, 2.45) is 5.41 Å². The van der Waals surface area contributed by atoms with E-state index >= 15 is 0 Å². The number of rotatable bonds is 11. The lowest BCUT2D eigenvalue weighted by Crippen LogP contribution is -2.25. The molecule has 0 amide bonds. The van der Waals surface area contributed by atoms with E-state index in [0.717, 1.165) is 6.42 Å². The summed E-state index contributed by atoms with van der Waals surface area (Å²) in [4.78, 5) is 21.2. The monoisotopic (exact) mass is 288 g/mol. The van der Waals surface area contributed by atoms with Crippen LogP contribution >= 0.6 is 0 Å². The maximum Gasteiger partial charge on any atom is 0.309 e. The van der Waals surface area contributed by atoms with Crippen molar-refractivity contribution in [1.82, 2.24) is 0 Å². The molecule has 0 heterocycles. The van der Waals surface area contributed by atoms with Crippen molar-refractivity contribution in [3.8, 4) is 0 Å². The third-order valence-corrected chi connectivity index (χ3v) is 3.60. The van der Waals surface area contributed by atoms with E-state index in [1.807, 2.05) is 13.8 Å². The maximum absolute atomic E-state index is 10.9. The number of aliphatic hydroxyl groups excluding tert-OH is 1. The number of aliphatic carboxylic acids is 1. The quantitative estimate of drug-likeness (QED) is 0.571. The number of hydrogen-bond donors (Lipinski definition) is 2. The largest absolute Gasteiger partial charge is 0.481 e. The molecule has 0 spiro atoms. The second-order valence-corrected chi connectivity index (χ2v) is 6.60. The minimum absolute atomic E-state index is 0.424. The predicted molar refractivity (Wildman–Crippen MR) is 76.4 cm³/mol. The Balaban J connectivity index is 3.82. The highest BCUT2D eigenvalue weighted by molar-refractivity contribution is 5.73. The minimum Gasteiger partial charge on any atom is -0.481 e. The van der Waals surface area contributed by atoms with Gasteiger partial charge < -0.3 is 14.9 Å². The van der Waals surface area contributed by atoms with E-state index in [1.54, 1.807) is 13.8 Å². The fourth-order valence-corrected chi connectivity index (χ4v) is 1.98. The van der Waals surface area contributed by atoms with Crippen LogP contribution in [0.4, 0.5) is 0 Å². The Labute approximate surface area is 121 Å².